The van der Waals surface area contributed by atoms with Gasteiger partial charge in [-0.15, -0.1) is 11.3 Å². The Morgan fingerprint density at radius 3 is 2.39 bits per heavy atom. The number of hydrogen-bond donors (Lipinski definition) is 1. The van der Waals surface area contributed by atoms with Crippen molar-refractivity contribution in [3.8, 4) is 0 Å². The number of rotatable bonds is 6. The van der Waals surface area contributed by atoms with Gasteiger partial charge in [-0.05, 0) is 48.2 Å². The molecule has 1 aliphatic rings. The normalized spacial score (nSPS) is 17.9. The molecule has 8 heteroatoms. The second-order valence-corrected chi connectivity index (χ2v) is 9.99. The summed E-state index contributed by atoms with van der Waals surface area (Å²) in [5, 5.41) is 2.90. The summed E-state index contributed by atoms with van der Waals surface area (Å²) in [6, 6.07) is 17.9. The van der Waals surface area contributed by atoms with Gasteiger partial charge in [0.15, 0.2) is 5.54 Å². The first-order valence-corrected chi connectivity index (χ1v) is 11.7. The van der Waals surface area contributed by atoms with Gasteiger partial charge in [-0.3, -0.25) is 14.5 Å². The SMILES string of the molecule is Cc1ccc(C2(c3ccccc3)NC(=O)N(CC(=O)N(C)Cc3ccc(Cl)s3)C2=O)cc1C. The zero-order valence-corrected chi connectivity index (χ0v) is 20.2. The highest BCUT2D eigenvalue weighted by atomic mass is 35.5. The van der Waals surface area contributed by atoms with Crippen LogP contribution in [-0.2, 0) is 21.7 Å². The standard InChI is InChI=1S/C25H24ClN3O3S/c1-16-9-10-19(13-17(16)2)25(18-7-5-4-6-8-18)23(31)29(24(32)27-25)15-22(30)28(3)14-20-11-12-21(26)33-20/h4-13H,14-15H2,1-3H3,(H,27,32). The van der Waals surface area contributed by atoms with Crippen molar-refractivity contribution >= 4 is 40.8 Å². The van der Waals surface area contributed by atoms with Crippen molar-refractivity contribution in [1.82, 2.24) is 15.1 Å². The predicted molar refractivity (Wildman–Crippen MR) is 129 cm³/mol. The molecule has 4 amide bonds. The molecule has 3 aromatic rings. The Balaban J connectivity index is 1.65. The number of aryl methyl sites for hydroxylation is 2. The van der Waals surface area contributed by atoms with Gasteiger partial charge in [0.2, 0.25) is 5.91 Å². The molecule has 2 aromatic carbocycles. The van der Waals surface area contributed by atoms with Crippen LogP contribution in [0.5, 0.6) is 0 Å². The minimum Gasteiger partial charge on any atom is -0.339 e. The van der Waals surface area contributed by atoms with E-state index in [1.807, 2.05) is 68.4 Å². The first-order chi connectivity index (χ1) is 15.7. The van der Waals surface area contributed by atoms with Crippen LogP contribution in [-0.4, -0.2) is 41.2 Å². The van der Waals surface area contributed by atoms with Crippen LogP contribution >= 0.6 is 22.9 Å². The number of halogens is 1. The van der Waals surface area contributed by atoms with Crippen LogP contribution in [0.25, 0.3) is 0 Å². The summed E-state index contributed by atoms with van der Waals surface area (Å²) in [4.78, 5) is 43.2. The third-order valence-electron chi connectivity index (χ3n) is 5.99. The second-order valence-electron chi connectivity index (χ2n) is 8.19. The molecular formula is C25H24ClN3O3S. The molecule has 1 saturated heterocycles. The van der Waals surface area contributed by atoms with Gasteiger partial charge in [-0.25, -0.2) is 4.79 Å². The van der Waals surface area contributed by atoms with Gasteiger partial charge in [0.05, 0.1) is 10.9 Å². The summed E-state index contributed by atoms with van der Waals surface area (Å²) in [7, 11) is 1.64. The largest absolute Gasteiger partial charge is 0.339 e. The topological polar surface area (TPSA) is 69.7 Å². The molecule has 0 saturated carbocycles. The molecule has 1 N–H and O–H groups in total. The number of carbonyl (C=O) groups excluding carboxylic acids is 3. The lowest BCUT2D eigenvalue weighted by atomic mass is 9.81. The van der Waals surface area contributed by atoms with E-state index < -0.39 is 17.5 Å². The van der Waals surface area contributed by atoms with E-state index in [1.54, 1.807) is 13.1 Å². The van der Waals surface area contributed by atoms with Gasteiger partial charge in [-0.2, -0.15) is 0 Å². The fourth-order valence-electron chi connectivity index (χ4n) is 3.96. The molecule has 1 atom stereocenters. The number of urea groups is 1. The van der Waals surface area contributed by atoms with Gasteiger partial charge in [0.25, 0.3) is 5.91 Å². The van der Waals surface area contributed by atoms with Gasteiger partial charge < -0.3 is 10.2 Å². The van der Waals surface area contributed by atoms with E-state index in [9.17, 15) is 14.4 Å². The van der Waals surface area contributed by atoms with Gasteiger partial charge in [-0.1, -0.05) is 60.1 Å². The summed E-state index contributed by atoms with van der Waals surface area (Å²) in [6.45, 7) is 3.96. The van der Waals surface area contributed by atoms with Crippen molar-refractivity contribution in [3.05, 3.63) is 92.1 Å². The second kappa shape index (κ2) is 9.00. The highest BCUT2D eigenvalue weighted by molar-refractivity contribution is 7.16. The number of carbonyl (C=O) groups is 3. The maximum Gasteiger partial charge on any atom is 0.326 e. The van der Waals surface area contributed by atoms with Crippen LogP contribution in [0.15, 0.2) is 60.7 Å². The first kappa shape index (κ1) is 23.0. The lowest BCUT2D eigenvalue weighted by Crippen LogP contribution is -2.46. The highest BCUT2D eigenvalue weighted by Crippen LogP contribution is 2.37. The van der Waals surface area contributed by atoms with Gasteiger partial charge >= 0.3 is 6.03 Å². The average Bonchev–Trinajstić information content (AvgIpc) is 3.32. The highest BCUT2D eigenvalue weighted by Gasteiger charge is 2.54. The number of benzene rings is 2. The molecule has 2 heterocycles. The van der Waals surface area contributed by atoms with Gasteiger partial charge in [0, 0.05) is 11.9 Å². The molecule has 1 aromatic heterocycles. The molecule has 1 fully saturated rings. The van der Waals surface area contributed by atoms with E-state index in [2.05, 4.69) is 5.32 Å². The smallest absolute Gasteiger partial charge is 0.326 e. The van der Waals surface area contributed by atoms with E-state index in [1.165, 1.54) is 16.2 Å². The minimum absolute atomic E-state index is 0.341. The number of nitrogens with zero attached hydrogens (tertiary/aromatic N) is 2. The molecule has 0 aliphatic carbocycles. The third-order valence-corrected chi connectivity index (χ3v) is 7.21. The third kappa shape index (κ3) is 4.26. The van der Waals surface area contributed by atoms with Crippen LogP contribution in [0.1, 0.15) is 27.1 Å². The summed E-state index contributed by atoms with van der Waals surface area (Å²) in [5.41, 5.74) is 2.00. The number of likely N-dealkylation sites (N-methyl/N-ethyl adjacent to an activating group) is 1. The Labute approximate surface area is 201 Å². The van der Waals surface area contributed by atoms with Crippen molar-refractivity contribution in [2.75, 3.05) is 13.6 Å². The fourth-order valence-corrected chi connectivity index (χ4v) is 5.10. The number of imide groups is 1. The average molecular weight is 482 g/mol. The Bertz CT molecular complexity index is 1230. The molecule has 170 valence electrons. The van der Waals surface area contributed by atoms with E-state index in [0.717, 1.165) is 20.9 Å². The Morgan fingerprint density at radius 1 is 1.03 bits per heavy atom. The molecule has 33 heavy (non-hydrogen) atoms. The number of hydrogen-bond acceptors (Lipinski definition) is 4. The van der Waals surface area contributed by atoms with Crippen LogP contribution in [0, 0.1) is 13.8 Å². The zero-order valence-electron chi connectivity index (χ0n) is 18.6. The number of thiophene rings is 1. The zero-order chi connectivity index (χ0) is 23.8. The molecule has 0 radical (unpaired) electrons. The quantitative estimate of drug-likeness (QED) is 0.528. The Morgan fingerprint density at radius 2 is 1.76 bits per heavy atom. The summed E-state index contributed by atoms with van der Waals surface area (Å²) in [6.07, 6.45) is 0. The fraction of sp³-hybridized carbons (Fsp3) is 0.240. The molecule has 0 spiro atoms. The first-order valence-electron chi connectivity index (χ1n) is 10.5. The lowest BCUT2D eigenvalue weighted by molar-refractivity contribution is -0.138. The monoisotopic (exact) mass is 481 g/mol. The Hall–Kier alpha value is -3.16. The van der Waals surface area contributed by atoms with Crippen LogP contribution < -0.4 is 5.32 Å². The Kier molecular flexibility index (Phi) is 6.28. The molecule has 1 aliphatic heterocycles. The van der Waals surface area contributed by atoms with Crippen LogP contribution in [0.3, 0.4) is 0 Å². The summed E-state index contributed by atoms with van der Waals surface area (Å²) in [5.74, 6) is -0.810. The maximum atomic E-state index is 13.8. The summed E-state index contributed by atoms with van der Waals surface area (Å²) < 4.78 is 0.640. The van der Waals surface area contributed by atoms with E-state index in [4.69, 9.17) is 11.6 Å². The van der Waals surface area contributed by atoms with Crippen molar-refractivity contribution in [1.29, 1.82) is 0 Å². The van der Waals surface area contributed by atoms with Crippen molar-refractivity contribution < 1.29 is 14.4 Å². The van der Waals surface area contributed by atoms with Crippen molar-refractivity contribution in [2.24, 2.45) is 0 Å². The van der Waals surface area contributed by atoms with Crippen molar-refractivity contribution in [3.63, 3.8) is 0 Å². The molecule has 0 bridgehead atoms. The van der Waals surface area contributed by atoms with Gasteiger partial charge in [0.1, 0.15) is 6.54 Å². The van der Waals surface area contributed by atoms with Crippen molar-refractivity contribution in [2.45, 2.75) is 25.9 Å². The molecule has 4 rings (SSSR count). The van der Waals surface area contributed by atoms with E-state index in [0.29, 0.717) is 22.0 Å². The van der Waals surface area contributed by atoms with Crippen LogP contribution in [0.4, 0.5) is 4.79 Å². The number of nitrogens with one attached hydrogen (secondary N) is 1. The van der Waals surface area contributed by atoms with Crippen LogP contribution in [0.2, 0.25) is 4.34 Å². The minimum atomic E-state index is -1.39. The predicted octanol–water partition coefficient (Wildman–Crippen LogP) is 4.47. The number of amides is 4. The lowest BCUT2D eigenvalue weighted by Gasteiger charge is -2.28. The molecule has 1 unspecified atom stereocenters. The molecule has 6 nitrogen and oxygen atoms in total. The van der Waals surface area contributed by atoms with E-state index >= 15 is 0 Å². The summed E-state index contributed by atoms with van der Waals surface area (Å²) >= 11 is 7.36. The molecular weight excluding hydrogens is 458 g/mol. The maximum absolute atomic E-state index is 13.8. The van der Waals surface area contributed by atoms with E-state index in [-0.39, 0.29) is 12.5 Å².